The van der Waals surface area contributed by atoms with Crippen molar-refractivity contribution in [2.24, 2.45) is 0 Å². The van der Waals surface area contributed by atoms with Gasteiger partial charge < -0.3 is 14.7 Å². The predicted octanol–water partition coefficient (Wildman–Crippen LogP) is 8.25. The number of hydrogen-bond donors (Lipinski definition) is 1. The van der Waals surface area contributed by atoms with Crippen LogP contribution in [0.25, 0.3) is 22.4 Å². The summed E-state index contributed by atoms with van der Waals surface area (Å²) >= 11 is 12.8. The lowest BCUT2D eigenvalue weighted by atomic mass is 9.76. The minimum Gasteiger partial charge on any atom is -0.471 e. The van der Waals surface area contributed by atoms with Crippen molar-refractivity contribution in [3.8, 4) is 28.3 Å². The van der Waals surface area contributed by atoms with Gasteiger partial charge in [0.2, 0.25) is 5.88 Å². The molecule has 2 aliphatic rings. The van der Waals surface area contributed by atoms with E-state index >= 15 is 0 Å². The molecular formula is C28H28Cl2N2O3. The summed E-state index contributed by atoms with van der Waals surface area (Å²) in [7, 11) is 0. The summed E-state index contributed by atoms with van der Waals surface area (Å²) in [6.45, 7) is 2.26. The highest BCUT2D eigenvalue weighted by Crippen LogP contribution is 2.50. The summed E-state index contributed by atoms with van der Waals surface area (Å²) in [5, 5.41) is 11.3. The van der Waals surface area contributed by atoms with Crippen LogP contribution in [-0.4, -0.2) is 33.2 Å². The minimum atomic E-state index is -0.931. The van der Waals surface area contributed by atoms with Gasteiger partial charge in [-0.15, -0.1) is 0 Å². The van der Waals surface area contributed by atoms with E-state index in [1.807, 2.05) is 61.5 Å². The Hall–Kier alpha value is -2.76. The molecule has 5 nitrogen and oxygen atoms in total. The highest BCUT2D eigenvalue weighted by atomic mass is 35.5. The molecule has 5 rings (SSSR count). The van der Waals surface area contributed by atoms with E-state index in [2.05, 4.69) is 0 Å². The van der Waals surface area contributed by atoms with Crippen molar-refractivity contribution in [1.29, 1.82) is 0 Å². The molecule has 2 aromatic carbocycles. The molecule has 1 amide bonds. The van der Waals surface area contributed by atoms with Crippen LogP contribution >= 0.6 is 23.2 Å². The molecule has 1 unspecified atom stereocenters. The molecule has 1 aromatic heterocycles. The van der Waals surface area contributed by atoms with Gasteiger partial charge in [-0.2, -0.15) is 0 Å². The highest BCUT2D eigenvalue weighted by Gasteiger charge is 2.45. The van der Waals surface area contributed by atoms with Crippen molar-refractivity contribution in [1.82, 2.24) is 9.88 Å². The average Bonchev–Trinajstić information content (AvgIpc) is 2.85. The lowest BCUT2D eigenvalue weighted by molar-refractivity contribution is -0.0244. The molecule has 1 aliphatic carbocycles. The molecule has 1 spiro atoms. The highest BCUT2D eigenvalue weighted by molar-refractivity contribution is 6.33. The van der Waals surface area contributed by atoms with E-state index in [-0.39, 0.29) is 6.04 Å². The van der Waals surface area contributed by atoms with Crippen molar-refractivity contribution in [3.63, 3.8) is 0 Å². The molecule has 182 valence electrons. The van der Waals surface area contributed by atoms with E-state index in [9.17, 15) is 9.90 Å². The Balaban J connectivity index is 1.74. The van der Waals surface area contributed by atoms with E-state index in [1.54, 1.807) is 0 Å². The Labute approximate surface area is 215 Å². The third-order valence-electron chi connectivity index (χ3n) is 7.26. The topological polar surface area (TPSA) is 62.7 Å². The minimum absolute atomic E-state index is 0.335. The summed E-state index contributed by atoms with van der Waals surface area (Å²) in [5.74, 6) is 0.510. The van der Waals surface area contributed by atoms with Crippen LogP contribution in [-0.2, 0) is 0 Å². The fourth-order valence-corrected chi connectivity index (χ4v) is 5.87. The van der Waals surface area contributed by atoms with Crippen molar-refractivity contribution < 1.29 is 14.6 Å². The lowest BCUT2D eigenvalue weighted by Gasteiger charge is -2.46. The van der Waals surface area contributed by atoms with Crippen LogP contribution in [0.5, 0.6) is 5.88 Å². The van der Waals surface area contributed by atoms with E-state index < -0.39 is 11.7 Å². The number of hydrogen-bond acceptors (Lipinski definition) is 3. The summed E-state index contributed by atoms with van der Waals surface area (Å²) in [6.07, 6.45) is 4.83. The Morgan fingerprint density at radius 3 is 2.46 bits per heavy atom. The fourth-order valence-electron chi connectivity index (χ4n) is 5.52. The zero-order valence-corrected chi connectivity index (χ0v) is 21.1. The zero-order chi connectivity index (χ0) is 24.6. The van der Waals surface area contributed by atoms with E-state index in [1.165, 1.54) is 11.3 Å². The quantitative estimate of drug-likeness (QED) is 0.383. The fraction of sp³-hybridized carbons (Fsp3) is 0.357. The molecule has 2 heterocycles. The molecule has 0 saturated heterocycles. The van der Waals surface area contributed by atoms with Crippen molar-refractivity contribution in [2.75, 3.05) is 6.54 Å². The number of fused-ring (bicyclic) bond motifs is 1. The molecule has 7 heteroatoms. The van der Waals surface area contributed by atoms with Gasteiger partial charge in [-0.3, -0.25) is 0 Å². The second-order valence-corrected chi connectivity index (χ2v) is 10.2. The largest absolute Gasteiger partial charge is 0.471 e. The third-order valence-corrected chi connectivity index (χ3v) is 7.85. The summed E-state index contributed by atoms with van der Waals surface area (Å²) in [6, 6.07) is 16.9. The molecule has 3 aromatic rings. The maximum absolute atomic E-state index is 12.3. The number of pyridine rings is 1. The Kier molecular flexibility index (Phi) is 6.65. The smallest absolute Gasteiger partial charge is 0.407 e. The normalized spacial score (nSPS) is 18.5. The van der Waals surface area contributed by atoms with E-state index in [0.29, 0.717) is 34.6 Å². The molecule has 1 fully saturated rings. The van der Waals surface area contributed by atoms with Crippen LogP contribution in [0.3, 0.4) is 0 Å². The molecule has 0 bridgehead atoms. The maximum Gasteiger partial charge on any atom is 0.407 e. The first-order valence-electron chi connectivity index (χ1n) is 12.1. The molecule has 1 N–H and O–H groups in total. The standard InChI is InChI=1S/C28H28Cl2N2O3/c1-2-32(27(33)34)24-17-28(14-6-3-7-15-28)35-26-22(24)16-21(18-10-12-19(29)13-11-18)25(31-26)20-8-4-5-9-23(20)30/h4-5,8-13,16,24H,2-3,6-7,14-15,17H2,1H3,(H,33,34). The lowest BCUT2D eigenvalue weighted by Crippen LogP contribution is -2.48. The Bertz CT molecular complexity index is 1240. The number of halogens is 2. The number of rotatable bonds is 4. The van der Waals surface area contributed by atoms with Gasteiger partial charge in [0.15, 0.2) is 0 Å². The van der Waals surface area contributed by atoms with Crippen LogP contribution in [0.4, 0.5) is 4.79 Å². The number of amides is 1. The molecule has 0 radical (unpaired) electrons. The van der Waals surface area contributed by atoms with Gasteiger partial charge in [0.25, 0.3) is 0 Å². The second-order valence-electron chi connectivity index (χ2n) is 9.40. The van der Waals surface area contributed by atoms with E-state index in [0.717, 1.165) is 47.9 Å². The molecule has 1 saturated carbocycles. The molecule has 1 aliphatic heterocycles. The van der Waals surface area contributed by atoms with Gasteiger partial charge in [-0.1, -0.05) is 60.0 Å². The first-order valence-corrected chi connectivity index (χ1v) is 12.9. The molecular weight excluding hydrogens is 483 g/mol. The maximum atomic E-state index is 12.3. The van der Waals surface area contributed by atoms with Crippen LogP contribution in [0.1, 0.15) is 57.1 Å². The number of carbonyl (C=O) groups is 1. The number of carboxylic acid groups (broad SMARTS) is 1. The summed E-state index contributed by atoms with van der Waals surface area (Å²) in [5.41, 5.74) is 3.70. The van der Waals surface area contributed by atoms with Crippen LogP contribution in [0.2, 0.25) is 10.0 Å². The van der Waals surface area contributed by atoms with Crippen molar-refractivity contribution in [3.05, 3.63) is 70.2 Å². The van der Waals surface area contributed by atoms with Gasteiger partial charge >= 0.3 is 6.09 Å². The summed E-state index contributed by atoms with van der Waals surface area (Å²) in [4.78, 5) is 18.8. The van der Waals surface area contributed by atoms with Gasteiger partial charge in [0.05, 0.1) is 11.7 Å². The first kappa shape index (κ1) is 24.0. The predicted molar refractivity (Wildman–Crippen MR) is 139 cm³/mol. The zero-order valence-electron chi connectivity index (χ0n) is 19.6. The number of aromatic nitrogens is 1. The van der Waals surface area contributed by atoms with Crippen LogP contribution in [0.15, 0.2) is 54.6 Å². The SMILES string of the molecule is CCN(C(=O)O)C1CC2(CCCCC2)Oc2nc(-c3ccccc3Cl)c(-c3ccc(Cl)cc3)cc21. The molecule has 1 atom stereocenters. The van der Waals surface area contributed by atoms with Crippen LogP contribution in [0, 0.1) is 0 Å². The number of nitrogens with zero attached hydrogens (tertiary/aromatic N) is 2. The number of ether oxygens (including phenoxy) is 1. The third kappa shape index (κ3) is 4.60. The van der Waals surface area contributed by atoms with Crippen LogP contribution < -0.4 is 4.74 Å². The van der Waals surface area contributed by atoms with Gasteiger partial charge in [0.1, 0.15) is 5.60 Å². The van der Waals surface area contributed by atoms with E-state index in [4.69, 9.17) is 32.9 Å². The van der Waals surface area contributed by atoms with Gasteiger partial charge in [-0.25, -0.2) is 9.78 Å². The Morgan fingerprint density at radius 2 is 1.80 bits per heavy atom. The first-order chi connectivity index (χ1) is 16.9. The number of benzene rings is 2. The Morgan fingerprint density at radius 1 is 1.09 bits per heavy atom. The van der Waals surface area contributed by atoms with Gasteiger partial charge in [-0.05, 0) is 62.4 Å². The van der Waals surface area contributed by atoms with Gasteiger partial charge in [0, 0.05) is 39.7 Å². The van der Waals surface area contributed by atoms with Crippen molar-refractivity contribution in [2.45, 2.75) is 57.1 Å². The molecule has 35 heavy (non-hydrogen) atoms. The average molecular weight is 511 g/mol. The monoisotopic (exact) mass is 510 g/mol. The second kappa shape index (κ2) is 9.71. The van der Waals surface area contributed by atoms with Crippen molar-refractivity contribution >= 4 is 29.3 Å². The summed E-state index contributed by atoms with van der Waals surface area (Å²) < 4.78 is 6.68.